The molecular weight excluding hydrogens is 292 g/mol. The van der Waals surface area contributed by atoms with Crippen LogP contribution in [0.5, 0.6) is 0 Å². The van der Waals surface area contributed by atoms with E-state index in [0.29, 0.717) is 0 Å². The molecule has 22 heavy (non-hydrogen) atoms. The molecule has 1 unspecified atom stereocenters. The Kier molecular flexibility index (Phi) is 6.52. The van der Waals surface area contributed by atoms with E-state index in [4.69, 9.17) is 14.2 Å². The molecule has 0 radical (unpaired) electrons. The highest BCUT2D eigenvalue weighted by Gasteiger charge is 2.63. The fraction of sp³-hybridized carbons (Fsp3) is 0.733. The molecule has 1 rings (SSSR count). The van der Waals surface area contributed by atoms with E-state index in [1.165, 1.54) is 0 Å². The summed E-state index contributed by atoms with van der Waals surface area (Å²) in [5.74, 6) is -3.92. The molecule has 0 amide bonds. The zero-order valence-corrected chi connectivity index (χ0v) is 13.2. The summed E-state index contributed by atoms with van der Waals surface area (Å²) >= 11 is 0. The maximum Gasteiger partial charge on any atom is 0.335 e. The molecular formula is C15H22O7. The summed E-state index contributed by atoms with van der Waals surface area (Å²) < 4.78 is 14.8. The van der Waals surface area contributed by atoms with Crippen LogP contribution >= 0.6 is 0 Å². The minimum atomic E-state index is -2.21. The summed E-state index contributed by atoms with van der Waals surface area (Å²) in [5.41, 5.74) is -2.21. The molecule has 0 heterocycles. The maximum absolute atomic E-state index is 12.5. The van der Waals surface area contributed by atoms with Crippen molar-refractivity contribution >= 4 is 23.7 Å². The van der Waals surface area contributed by atoms with Gasteiger partial charge in [-0.1, -0.05) is 0 Å². The van der Waals surface area contributed by atoms with E-state index in [1.54, 1.807) is 20.8 Å². The molecule has 0 saturated heterocycles. The largest absolute Gasteiger partial charge is 0.465 e. The lowest BCUT2D eigenvalue weighted by molar-refractivity contribution is -0.188. The fourth-order valence-corrected chi connectivity index (χ4v) is 2.67. The number of ketones is 1. The second-order valence-electron chi connectivity index (χ2n) is 4.95. The number of hydrogen-bond acceptors (Lipinski definition) is 7. The van der Waals surface area contributed by atoms with Crippen LogP contribution in [0.4, 0.5) is 0 Å². The van der Waals surface area contributed by atoms with Gasteiger partial charge in [0.25, 0.3) is 5.41 Å². The number of hydrogen-bond donors (Lipinski definition) is 0. The highest BCUT2D eigenvalue weighted by Crippen LogP contribution is 2.42. The topological polar surface area (TPSA) is 96.0 Å². The Bertz CT molecular complexity index is 409. The molecule has 1 aliphatic carbocycles. The van der Waals surface area contributed by atoms with Gasteiger partial charge in [-0.15, -0.1) is 0 Å². The number of carbonyl (C=O) groups excluding carboxylic acids is 4. The lowest BCUT2D eigenvalue weighted by Crippen LogP contribution is -2.54. The third-order valence-corrected chi connectivity index (χ3v) is 3.65. The van der Waals surface area contributed by atoms with Crippen molar-refractivity contribution in [3.8, 4) is 0 Å². The smallest absolute Gasteiger partial charge is 0.335 e. The van der Waals surface area contributed by atoms with E-state index < -0.39 is 29.2 Å². The Labute approximate surface area is 129 Å². The Hall–Kier alpha value is -1.92. The lowest BCUT2D eigenvalue weighted by atomic mass is 9.74. The minimum absolute atomic E-state index is 0.0000593. The monoisotopic (exact) mass is 314 g/mol. The van der Waals surface area contributed by atoms with Crippen molar-refractivity contribution in [3.05, 3.63) is 0 Å². The summed E-state index contributed by atoms with van der Waals surface area (Å²) in [7, 11) is 0. The average Bonchev–Trinajstić information content (AvgIpc) is 2.87. The second kappa shape index (κ2) is 7.91. The van der Waals surface area contributed by atoms with Crippen molar-refractivity contribution in [2.45, 2.75) is 40.0 Å². The first kappa shape index (κ1) is 18.1. The van der Waals surface area contributed by atoms with Gasteiger partial charge in [0.1, 0.15) is 5.78 Å². The van der Waals surface area contributed by atoms with E-state index in [-0.39, 0.29) is 44.9 Å². The molecule has 124 valence electrons. The normalized spacial score (nSPS) is 18.0. The lowest BCUT2D eigenvalue weighted by Gasteiger charge is -2.31. The molecule has 0 aromatic carbocycles. The summed E-state index contributed by atoms with van der Waals surface area (Å²) in [6, 6.07) is 0. The van der Waals surface area contributed by atoms with Gasteiger partial charge >= 0.3 is 17.9 Å². The second-order valence-corrected chi connectivity index (χ2v) is 4.95. The Balaban J connectivity index is 3.33. The molecule has 0 N–H and O–H groups in total. The van der Waals surface area contributed by atoms with Crippen LogP contribution < -0.4 is 0 Å². The summed E-state index contributed by atoms with van der Waals surface area (Å²) in [4.78, 5) is 49.0. The molecule has 0 aromatic heterocycles. The number of Topliss-reactive ketones (excluding diaryl/α,β-unsaturated/α-hetero) is 1. The highest BCUT2D eigenvalue weighted by molar-refractivity contribution is 6.18. The molecule has 0 bridgehead atoms. The van der Waals surface area contributed by atoms with Gasteiger partial charge in [-0.2, -0.15) is 0 Å². The van der Waals surface area contributed by atoms with Crippen LogP contribution in [0.1, 0.15) is 40.0 Å². The van der Waals surface area contributed by atoms with Crippen molar-refractivity contribution in [1.29, 1.82) is 0 Å². The van der Waals surface area contributed by atoms with Crippen LogP contribution in [0.2, 0.25) is 0 Å². The van der Waals surface area contributed by atoms with Crippen molar-refractivity contribution in [2.75, 3.05) is 19.8 Å². The third kappa shape index (κ3) is 3.28. The van der Waals surface area contributed by atoms with Gasteiger partial charge in [0.2, 0.25) is 0 Å². The Morgan fingerprint density at radius 2 is 1.36 bits per heavy atom. The first-order valence-corrected chi connectivity index (χ1v) is 7.48. The van der Waals surface area contributed by atoms with Crippen LogP contribution in [0.3, 0.4) is 0 Å². The molecule has 0 aliphatic heterocycles. The van der Waals surface area contributed by atoms with E-state index in [9.17, 15) is 19.2 Å². The Morgan fingerprint density at radius 1 is 0.955 bits per heavy atom. The van der Waals surface area contributed by atoms with Gasteiger partial charge < -0.3 is 14.2 Å². The third-order valence-electron chi connectivity index (χ3n) is 3.65. The van der Waals surface area contributed by atoms with Crippen molar-refractivity contribution < 1.29 is 33.4 Å². The molecule has 1 atom stereocenters. The van der Waals surface area contributed by atoms with E-state index >= 15 is 0 Å². The molecule has 7 heteroatoms. The quantitative estimate of drug-likeness (QED) is 0.393. The maximum atomic E-state index is 12.5. The van der Waals surface area contributed by atoms with Crippen LogP contribution in [0.25, 0.3) is 0 Å². The molecule has 1 fully saturated rings. The van der Waals surface area contributed by atoms with Gasteiger partial charge in [0, 0.05) is 18.8 Å². The number of esters is 3. The van der Waals surface area contributed by atoms with Gasteiger partial charge in [0.15, 0.2) is 0 Å². The minimum Gasteiger partial charge on any atom is -0.465 e. The van der Waals surface area contributed by atoms with Crippen molar-refractivity contribution in [2.24, 2.45) is 11.3 Å². The summed E-state index contributed by atoms with van der Waals surface area (Å²) in [6.45, 7) is 4.70. The average molecular weight is 314 g/mol. The molecule has 0 spiro atoms. The zero-order valence-electron chi connectivity index (χ0n) is 13.2. The van der Waals surface area contributed by atoms with Gasteiger partial charge in [-0.25, -0.2) is 0 Å². The number of carbonyl (C=O) groups is 4. The van der Waals surface area contributed by atoms with E-state index in [0.717, 1.165) is 0 Å². The van der Waals surface area contributed by atoms with Gasteiger partial charge in [0.05, 0.1) is 19.8 Å². The first-order chi connectivity index (χ1) is 10.4. The Morgan fingerprint density at radius 3 is 1.64 bits per heavy atom. The number of ether oxygens (including phenoxy) is 3. The van der Waals surface area contributed by atoms with Gasteiger partial charge in [-0.05, 0) is 27.2 Å². The van der Waals surface area contributed by atoms with Crippen molar-refractivity contribution in [1.82, 2.24) is 0 Å². The van der Waals surface area contributed by atoms with Gasteiger partial charge in [-0.3, -0.25) is 19.2 Å². The predicted molar refractivity (Wildman–Crippen MR) is 74.7 cm³/mol. The molecule has 0 aromatic rings. The molecule has 1 saturated carbocycles. The zero-order chi connectivity index (χ0) is 16.8. The van der Waals surface area contributed by atoms with Crippen LogP contribution in [-0.4, -0.2) is 43.5 Å². The van der Waals surface area contributed by atoms with Crippen LogP contribution in [0.15, 0.2) is 0 Å². The predicted octanol–water partition coefficient (Wildman–Crippen LogP) is 1.03. The molecule has 1 aliphatic rings. The highest BCUT2D eigenvalue weighted by atomic mass is 16.6. The fourth-order valence-electron chi connectivity index (χ4n) is 2.67. The number of rotatable bonds is 7. The SMILES string of the molecule is CCOC(=O)C(C(=O)OCC)(C(=O)OCC)C1CCC(=O)C1. The standard InChI is InChI=1S/C15H22O7/c1-4-20-12(17)15(13(18)21-5-2,14(19)22-6-3)10-7-8-11(16)9-10/h10H,4-9H2,1-3H3. The van der Waals surface area contributed by atoms with E-state index in [1.807, 2.05) is 0 Å². The summed E-state index contributed by atoms with van der Waals surface area (Å²) in [5, 5.41) is 0. The van der Waals surface area contributed by atoms with Crippen molar-refractivity contribution in [3.63, 3.8) is 0 Å². The van der Waals surface area contributed by atoms with E-state index in [2.05, 4.69) is 0 Å². The first-order valence-electron chi connectivity index (χ1n) is 7.48. The summed E-state index contributed by atoms with van der Waals surface area (Å²) in [6.07, 6.45) is 0.413. The van der Waals surface area contributed by atoms with Crippen LogP contribution in [0, 0.1) is 11.3 Å². The molecule has 7 nitrogen and oxygen atoms in total. The van der Waals surface area contributed by atoms with Crippen LogP contribution in [-0.2, 0) is 33.4 Å².